The molecule has 63 heavy (non-hydrogen) atoms. The van der Waals surface area contributed by atoms with E-state index in [4.69, 9.17) is 9.47 Å². The van der Waals surface area contributed by atoms with Crippen molar-refractivity contribution in [3.8, 4) is 0 Å². The van der Waals surface area contributed by atoms with Crippen LogP contribution in [0.3, 0.4) is 0 Å². The Balaban J connectivity index is 0.00000977. The molecule has 0 fully saturated rings. The summed E-state index contributed by atoms with van der Waals surface area (Å²) < 4.78 is 10.6. The van der Waals surface area contributed by atoms with Gasteiger partial charge in [0.25, 0.3) is 11.8 Å². The third-order valence-corrected chi connectivity index (χ3v) is 11.5. The van der Waals surface area contributed by atoms with Gasteiger partial charge in [0, 0.05) is 20.2 Å². The average molecular weight is 867 g/mol. The van der Waals surface area contributed by atoms with Gasteiger partial charge in [0.1, 0.15) is 0 Å². The van der Waals surface area contributed by atoms with Crippen LogP contribution in [0.2, 0.25) is 0 Å². The maximum Gasteiger partial charge on any atom is 0.261 e. The molecule has 0 aromatic rings. The highest BCUT2D eigenvalue weighted by molar-refractivity contribution is 6.21. The molecule has 2 aliphatic rings. The summed E-state index contributed by atoms with van der Waals surface area (Å²) in [6.07, 6.45) is 52.6. The van der Waals surface area contributed by atoms with Gasteiger partial charge in [-0.05, 0) is 56.9 Å². The van der Waals surface area contributed by atoms with Gasteiger partial charge in [0.2, 0.25) is 0 Å². The summed E-state index contributed by atoms with van der Waals surface area (Å²) >= 11 is 0. The lowest BCUT2D eigenvalue weighted by molar-refractivity contribution is -0.124. The van der Waals surface area contributed by atoms with Gasteiger partial charge in [-0.15, -0.1) is 0 Å². The van der Waals surface area contributed by atoms with Gasteiger partial charge >= 0.3 is 0 Å². The van der Waals surface area contributed by atoms with Gasteiger partial charge < -0.3 is 19.3 Å². The lowest BCUT2D eigenvalue weighted by Gasteiger charge is -2.26. The molecule has 1 atom stereocenters. The van der Waals surface area contributed by atoms with E-state index in [-0.39, 0.29) is 17.9 Å². The van der Waals surface area contributed by atoms with E-state index in [0.717, 1.165) is 55.2 Å². The number of methoxy groups -OCH3 is 2. The lowest BCUT2D eigenvalue weighted by Crippen LogP contribution is -2.32. The molecule has 2 heterocycles. The fraction of sp³-hybridized carbons (Fsp3) is 0.579. The van der Waals surface area contributed by atoms with Crippen LogP contribution >= 0.6 is 0 Å². The Morgan fingerprint density at radius 1 is 0.603 bits per heavy atom. The second kappa shape index (κ2) is 37.2. The first-order valence-corrected chi connectivity index (χ1v) is 25.0. The molecule has 2 aliphatic heterocycles. The molecular formula is C57H90N2O4. The number of carbonyl (C=O) groups is 2. The molecule has 6 nitrogen and oxygen atoms in total. The first-order chi connectivity index (χ1) is 30.8. The number of amides is 2. The van der Waals surface area contributed by atoms with E-state index < -0.39 is 0 Å². The highest BCUT2D eigenvalue weighted by atomic mass is 16.5. The Hall–Kier alpha value is -4.16. The molecule has 6 heteroatoms. The van der Waals surface area contributed by atoms with E-state index in [1.807, 2.05) is 123 Å². The molecule has 0 saturated heterocycles. The van der Waals surface area contributed by atoms with Crippen LogP contribution in [-0.2, 0) is 19.1 Å². The van der Waals surface area contributed by atoms with Crippen molar-refractivity contribution < 1.29 is 19.1 Å². The Morgan fingerprint density at radius 3 is 1.48 bits per heavy atom. The van der Waals surface area contributed by atoms with E-state index in [0.29, 0.717) is 35.6 Å². The van der Waals surface area contributed by atoms with Crippen LogP contribution in [0.4, 0.5) is 0 Å². The Labute approximate surface area is 387 Å². The van der Waals surface area contributed by atoms with Crippen molar-refractivity contribution in [2.45, 2.75) is 189 Å². The molecule has 0 aromatic heterocycles. The van der Waals surface area contributed by atoms with E-state index >= 15 is 9.59 Å². The molecule has 0 aromatic carbocycles. The van der Waals surface area contributed by atoms with E-state index in [9.17, 15) is 0 Å². The van der Waals surface area contributed by atoms with Gasteiger partial charge in [-0.25, -0.2) is 0 Å². The standard InChI is InChI=1S/C55H84N2O4.C2H6/c1-9-13-16-18-20-22-24-26-28-29-35-42-56-52(48(39-15-11-3)40-34-33-38-47(6)61-8)50-51(55(56)59)53(49(45-46(5)12-4)41-32-31-37-44-60-7)57(54(50)58)43-36-30-27-25-23-21-19-17-14-10-2;1-2/h11-12,15,31-34,37-41,44-45,47H,4,9-10,13-14,16-30,35-36,42-43H2,1-3,5-8H3;1-2H3/b15-11+,32-31+,38-33+,40-34-,44-37+,46-45+,48-39+,49-41+;. The summed E-state index contributed by atoms with van der Waals surface area (Å²) in [6, 6.07) is 0. The number of ether oxygens (including phenoxy) is 2. The molecule has 0 bridgehead atoms. The molecular weight excluding hydrogens is 777 g/mol. The minimum atomic E-state index is -0.104. The number of hydrogen-bond acceptors (Lipinski definition) is 4. The normalized spacial score (nSPS) is 15.8. The molecule has 2 rings (SSSR count). The summed E-state index contributed by atoms with van der Waals surface area (Å²) in [6.45, 7) is 19.6. The number of fused-ring (bicyclic) bond motifs is 1. The monoisotopic (exact) mass is 867 g/mol. The third-order valence-electron chi connectivity index (χ3n) is 11.5. The summed E-state index contributed by atoms with van der Waals surface area (Å²) in [4.78, 5) is 34.0. The van der Waals surface area contributed by atoms with Crippen molar-refractivity contribution in [2.24, 2.45) is 0 Å². The number of carbonyl (C=O) groups excluding carboxylic acids is 2. The number of unbranched alkanes of at least 4 members (excludes halogenated alkanes) is 19. The molecule has 352 valence electrons. The van der Waals surface area contributed by atoms with Crippen LogP contribution in [0.15, 0.2) is 131 Å². The van der Waals surface area contributed by atoms with E-state index in [2.05, 4.69) is 20.4 Å². The molecule has 0 N–H and O–H groups in total. The largest absolute Gasteiger partial charge is 0.504 e. The van der Waals surface area contributed by atoms with Gasteiger partial charge in [-0.2, -0.15) is 0 Å². The first-order valence-electron chi connectivity index (χ1n) is 25.0. The van der Waals surface area contributed by atoms with Crippen molar-refractivity contribution in [2.75, 3.05) is 27.3 Å². The minimum absolute atomic E-state index is 0.0376. The average Bonchev–Trinajstić information content (AvgIpc) is 3.74. The molecule has 1 unspecified atom stereocenters. The highest BCUT2D eigenvalue weighted by Gasteiger charge is 2.48. The van der Waals surface area contributed by atoms with Crippen molar-refractivity contribution in [3.63, 3.8) is 0 Å². The summed E-state index contributed by atoms with van der Waals surface area (Å²) in [7, 11) is 3.31. The van der Waals surface area contributed by atoms with Crippen molar-refractivity contribution in [1.82, 2.24) is 9.80 Å². The number of nitrogens with zero attached hydrogens (tertiary/aromatic N) is 2. The van der Waals surface area contributed by atoms with Crippen LogP contribution in [0.5, 0.6) is 0 Å². The Morgan fingerprint density at radius 2 is 1.05 bits per heavy atom. The van der Waals surface area contributed by atoms with Crippen molar-refractivity contribution in [3.05, 3.63) is 131 Å². The molecule has 0 saturated carbocycles. The molecule has 0 aliphatic carbocycles. The fourth-order valence-electron chi connectivity index (χ4n) is 7.83. The smallest absolute Gasteiger partial charge is 0.261 e. The second-order valence-electron chi connectivity index (χ2n) is 16.6. The van der Waals surface area contributed by atoms with Crippen LogP contribution < -0.4 is 0 Å². The zero-order valence-corrected chi connectivity index (χ0v) is 41.7. The first kappa shape index (κ1) is 56.9. The van der Waals surface area contributed by atoms with Crippen LogP contribution in [0.1, 0.15) is 183 Å². The Kier molecular flexibility index (Phi) is 33.6. The van der Waals surface area contributed by atoms with Crippen LogP contribution in [0, 0.1) is 0 Å². The van der Waals surface area contributed by atoms with E-state index in [1.54, 1.807) is 20.5 Å². The fourth-order valence-corrected chi connectivity index (χ4v) is 7.83. The van der Waals surface area contributed by atoms with Gasteiger partial charge in [-0.3, -0.25) is 9.59 Å². The predicted molar refractivity (Wildman–Crippen MR) is 272 cm³/mol. The topological polar surface area (TPSA) is 59.1 Å². The van der Waals surface area contributed by atoms with Crippen LogP contribution in [0.25, 0.3) is 0 Å². The zero-order chi connectivity index (χ0) is 46.5. The summed E-state index contributed by atoms with van der Waals surface area (Å²) in [5.74, 6) is -0.207. The predicted octanol–water partition coefficient (Wildman–Crippen LogP) is 15.9. The minimum Gasteiger partial charge on any atom is -0.504 e. The Bertz CT molecular complexity index is 1630. The van der Waals surface area contributed by atoms with Gasteiger partial charge in [0.15, 0.2) is 0 Å². The van der Waals surface area contributed by atoms with Crippen molar-refractivity contribution >= 4 is 11.8 Å². The summed E-state index contributed by atoms with van der Waals surface area (Å²) in [5.41, 5.74) is 4.97. The maximum absolute atomic E-state index is 15.1. The second-order valence-corrected chi connectivity index (χ2v) is 16.6. The van der Waals surface area contributed by atoms with Crippen molar-refractivity contribution in [1.29, 1.82) is 0 Å². The maximum atomic E-state index is 15.1. The SMILES string of the molecule is C=C/C(C)=C/C(=C\C=C\C=C\OC)C1=C2C(=O)N(CCCCCCCCCCCCC)C(C(/C=C\C=C\C(C)OC)=C/C=C/C)=C2C(=O)N1CCCCCCCCCCCC.CC. The van der Waals surface area contributed by atoms with Crippen LogP contribution in [-0.4, -0.2) is 55.0 Å². The summed E-state index contributed by atoms with van der Waals surface area (Å²) in [5, 5.41) is 0. The van der Waals surface area contributed by atoms with Gasteiger partial charge in [0.05, 0.1) is 42.0 Å². The van der Waals surface area contributed by atoms with Gasteiger partial charge in [-0.1, -0.05) is 229 Å². The molecule has 0 radical (unpaired) electrons. The lowest BCUT2D eigenvalue weighted by atomic mass is 10.00. The number of allylic oxidation sites excluding steroid dienone is 13. The molecule has 0 spiro atoms. The quantitative estimate of drug-likeness (QED) is 0.0362. The third kappa shape index (κ3) is 21.9. The number of rotatable bonds is 35. The molecule has 2 amide bonds. The van der Waals surface area contributed by atoms with E-state index in [1.165, 1.54) is 96.3 Å². The number of hydrogen-bond donors (Lipinski definition) is 0. The zero-order valence-electron chi connectivity index (χ0n) is 41.7. The highest BCUT2D eigenvalue weighted by Crippen LogP contribution is 2.45.